The maximum absolute atomic E-state index is 6.02. The van der Waals surface area contributed by atoms with E-state index in [4.69, 9.17) is 5.73 Å². The van der Waals surface area contributed by atoms with Crippen molar-refractivity contribution < 1.29 is 0 Å². The van der Waals surface area contributed by atoms with E-state index in [9.17, 15) is 0 Å². The minimum absolute atomic E-state index is 0.661. The highest BCUT2D eigenvalue weighted by Gasteiger charge is 2.09. The predicted molar refractivity (Wildman–Crippen MR) is 66.2 cm³/mol. The molecule has 0 aliphatic heterocycles. The molecular formula is C12H13N5. The number of fused-ring (bicyclic) bond motifs is 1. The zero-order chi connectivity index (χ0) is 12.0. The summed E-state index contributed by atoms with van der Waals surface area (Å²) in [6.45, 7) is 4.01. The number of hydrogen-bond donors (Lipinski definition) is 1. The lowest BCUT2D eigenvalue weighted by molar-refractivity contribution is 0.868. The first-order chi connectivity index (χ1) is 8.16. The first-order valence-corrected chi connectivity index (χ1v) is 5.41. The summed E-state index contributed by atoms with van der Waals surface area (Å²) in [5.74, 6) is 0. The van der Waals surface area contributed by atoms with Crippen LogP contribution >= 0.6 is 0 Å². The van der Waals surface area contributed by atoms with Gasteiger partial charge in [0.05, 0.1) is 17.1 Å². The molecule has 0 saturated heterocycles. The van der Waals surface area contributed by atoms with E-state index in [1.807, 2.05) is 42.8 Å². The Hall–Kier alpha value is -2.30. The van der Waals surface area contributed by atoms with Crippen LogP contribution < -0.4 is 5.73 Å². The molecule has 0 saturated carbocycles. The second kappa shape index (κ2) is 3.35. The third-order valence-electron chi connectivity index (χ3n) is 2.98. The van der Waals surface area contributed by atoms with Crippen molar-refractivity contribution in [3.8, 4) is 5.69 Å². The van der Waals surface area contributed by atoms with E-state index in [0.29, 0.717) is 5.69 Å². The number of anilines is 1. The summed E-state index contributed by atoms with van der Waals surface area (Å²) in [7, 11) is 0. The topological polar surface area (TPSA) is 61.1 Å². The summed E-state index contributed by atoms with van der Waals surface area (Å²) in [4.78, 5) is 4.44. The second-order valence-electron chi connectivity index (χ2n) is 4.08. The summed E-state index contributed by atoms with van der Waals surface area (Å²) in [6.07, 6.45) is 5.63. The minimum Gasteiger partial charge on any atom is -0.396 e. The number of nitrogen functional groups attached to an aromatic ring is 1. The van der Waals surface area contributed by atoms with Crippen molar-refractivity contribution in [3.63, 3.8) is 0 Å². The number of pyridine rings is 1. The van der Waals surface area contributed by atoms with Crippen LogP contribution in [0.25, 0.3) is 11.3 Å². The first kappa shape index (κ1) is 9.89. The molecule has 0 aromatic carbocycles. The van der Waals surface area contributed by atoms with Gasteiger partial charge in [0.2, 0.25) is 0 Å². The molecule has 3 rings (SSSR count). The number of imidazole rings is 1. The zero-order valence-electron chi connectivity index (χ0n) is 9.75. The van der Waals surface area contributed by atoms with E-state index in [1.54, 1.807) is 10.9 Å². The lowest BCUT2D eigenvalue weighted by Gasteiger charge is -2.06. The Labute approximate surface area is 98.5 Å². The van der Waals surface area contributed by atoms with Gasteiger partial charge in [-0.3, -0.25) is 0 Å². The Balaban J connectivity index is 2.33. The fourth-order valence-electron chi connectivity index (χ4n) is 1.93. The van der Waals surface area contributed by atoms with Gasteiger partial charge in [0, 0.05) is 24.3 Å². The summed E-state index contributed by atoms with van der Waals surface area (Å²) >= 11 is 0. The summed E-state index contributed by atoms with van der Waals surface area (Å²) in [6, 6.07) is 3.76. The van der Waals surface area contributed by atoms with Crippen LogP contribution in [0.2, 0.25) is 0 Å². The Bertz CT molecular complexity index is 679. The van der Waals surface area contributed by atoms with Crippen LogP contribution in [0.5, 0.6) is 0 Å². The number of nitrogens with two attached hydrogens (primary N) is 1. The largest absolute Gasteiger partial charge is 0.396 e. The highest BCUT2D eigenvalue weighted by atomic mass is 15.3. The molecule has 0 bridgehead atoms. The van der Waals surface area contributed by atoms with Gasteiger partial charge in [-0.15, -0.1) is 0 Å². The highest BCUT2D eigenvalue weighted by molar-refractivity contribution is 5.68. The van der Waals surface area contributed by atoms with Crippen LogP contribution in [-0.2, 0) is 0 Å². The number of nitrogens with zero attached hydrogens (tertiary/aromatic N) is 4. The van der Waals surface area contributed by atoms with E-state index in [-0.39, 0.29) is 0 Å². The molecule has 0 unspecified atom stereocenters. The van der Waals surface area contributed by atoms with Gasteiger partial charge in [-0.25, -0.2) is 9.67 Å². The van der Waals surface area contributed by atoms with E-state index in [1.165, 1.54) is 0 Å². The van der Waals surface area contributed by atoms with Crippen molar-refractivity contribution in [3.05, 3.63) is 42.1 Å². The van der Waals surface area contributed by atoms with E-state index in [0.717, 1.165) is 22.7 Å². The van der Waals surface area contributed by atoms with Crippen molar-refractivity contribution in [2.24, 2.45) is 0 Å². The molecule has 5 nitrogen and oxygen atoms in total. The zero-order valence-corrected chi connectivity index (χ0v) is 9.75. The number of aromatic nitrogens is 4. The molecule has 5 heteroatoms. The molecule has 0 atom stereocenters. The molecule has 0 spiro atoms. The molecule has 0 fully saturated rings. The standard InChI is InChI=1S/C12H13N5/c1-8-9(2)16-7-10(17-5-3-4-14-17)6-11(13)12(16)15-8/h3-7H,13H2,1-2H3. The Morgan fingerprint density at radius 3 is 2.82 bits per heavy atom. The molecule has 86 valence electrons. The molecular weight excluding hydrogens is 214 g/mol. The van der Waals surface area contributed by atoms with Crippen molar-refractivity contribution in [2.45, 2.75) is 13.8 Å². The van der Waals surface area contributed by atoms with Gasteiger partial charge in [0.1, 0.15) is 0 Å². The number of rotatable bonds is 1. The molecule has 2 N–H and O–H groups in total. The summed E-state index contributed by atoms with van der Waals surface area (Å²) in [5, 5.41) is 4.20. The summed E-state index contributed by atoms with van der Waals surface area (Å²) in [5.41, 5.74) is 10.5. The molecule has 0 amide bonds. The van der Waals surface area contributed by atoms with Crippen LogP contribution in [0.1, 0.15) is 11.4 Å². The molecule has 3 aromatic rings. The van der Waals surface area contributed by atoms with Gasteiger partial charge in [0.25, 0.3) is 0 Å². The summed E-state index contributed by atoms with van der Waals surface area (Å²) < 4.78 is 3.78. The predicted octanol–water partition coefficient (Wildman–Crippen LogP) is 1.72. The number of hydrogen-bond acceptors (Lipinski definition) is 3. The van der Waals surface area contributed by atoms with Gasteiger partial charge in [-0.2, -0.15) is 5.10 Å². The number of aryl methyl sites for hydroxylation is 2. The lowest BCUT2D eigenvalue weighted by atomic mass is 10.3. The van der Waals surface area contributed by atoms with E-state index in [2.05, 4.69) is 10.1 Å². The fraction of sp³-hybridized carbons (Fsp3) is 0.167. The van der Waals surface area contributed by atoms with Gasteiger partial charge >= 0.3 is 0 Å². The Kier molecular flexibility index (Phi) is 1.95. The maximum Gasteiger partial charge on any atom is 0.160 e. The third kappa shape index (κ3) is 1.39. The molecule has 0 radical (unpaired) electrons. The van der Waals surface area contributed by atoms with Crippen molar-refractivity contribution >= 4 is 11.3 Å². The normalized spacial score (nSPS) is 11.2. The fourth-order valence-corrected chi connectivity index (χ4v) is 1.93. The van der Waals surface area contributed by atoms with Crippen molar-refractivity contribution in [2.75, 3.05) is 5.73 Å². The molecule has 3 heterocycles. The SMILES string of the molecule is Cc1nc2c(N)cc(-n3cccn3)cn2c1C. The Morgan fingerprint density at radius 1 is 1.29 bits per heavy atom. The van der Waals surface area contributed by atoms with Crippen LogP contribution in [0, 0.1) is 13.8 Å². The minimum atomic E-state index is 0.661. The van der Waals surface area contributed by atoms with Crippen LogP contribution in [0.3, 0.4) is 0 Å². The molecule has 17 heavy (non-hydrogen) atoms. The average molecular weight is 227 g/mol. The van der Waals surface area contributed by atoms with Gasteiger partial charge < -0.3 is 10.1 Å². The molecule has 3 aromatic heterocycles. The van der Waals surface area contributed by atoms with Crippen molar-refractivity contribution in [1.29, 1.82) is 0 Å². The van der Waals surface area contributed by atoms with Gasteiger partial charge in [0.15, 0.2) is 5.65 Å². The highest BCUT2D eigenvalue weighted by Crippen LogP contribution is 2.20. The van der Waals surface area contributed by atoms with Crippen LogP contribution in [-0.4, -0.2) is 19.2 Å². The second-order valence-corrected chi connectivity index (χ2v) is 4.08. The van der Waals surface area contributed by atoms with Gasteiger partial charge in [-0.1, -0.05) is 0 Å². The van der Waals surface area contributed by atoms with Crippen molar-refractivity contribution in [1.82, 2.24) is 19.2 Å². The monoisotopic (exact) mass is 227 g/mol. The van der Waals surface area contributed by atoms with E-state index >= 15 is 0 Å². The van der Waals surface area contributed by atoms with Crippen LogP contribution in [0.4, 0.5) is 5.69 Å². The maximum atomic E-state index is 6.02. The average Bonchev–Trinajstić information content (AvgIpc) is 2.91. The first-order valence-electron chi connectivity index (χ1n) is 5.41. The van der Waals surface area contributed by atoms with Crippen LogP contribution in [0.15, 0.2) is 30.7 Å². The molecule has 0 aliphatic rings. The third-order valence-corrected chi connectivity index (χ3v) is 2.98. The Morgan fingerprint density at radius 2 is 2.12 bits per heavy atom. The molecule has 0 aliphatic carbocycles. The smallest absolute Gasteiger partial charge is 0.160 e. The van der Waals surface area contributed by atoms with E-state index < -0.39 is 0 Å². The lowest BCUT2D eigenvalue weighted by Crippen LogP contribution is -2.01. The van der Waals surface area contributed by atoms with Gasteiger partial charge in [-0.05, 0) is 26.0 Å². The quantitative estimate of drug-likeness (QED) is 0.688.